The highest BCUT2D eigenvalue weighted by Gasteiger charge is 1.97. The number of hydrogen-bond acceptors (Lipinski definition) is 5. The van der Waals surface area contributed by atoms with Crippen molar-refractivity contribution < 1.29 is 9.90 Å². The lowest BCUT2D eigenvalue weighted by molar-refractivity contribution is -0.134. The van der Waals surface area contributed by atoms with Crippen LogP contribution in [0.2, 0.25) is 0 Å². The first kappa shape index (κ1) is 8.18. The summed E-state index contributed by atoms with van der Waals surface area (Å²) >= 11 is 0. The van der Waals surface area contributed by atoms with Crippen molar-refractivity contribution in [3.63, 3.8) is 0 Å². The number of aliphatic carboxylic acids is 1. The standard InChI is InChI=1S/C5H6N4O3/c10-4(11)2-6-3-1-7-9-5(12)8-3/h1H,2H2,(H,10,11)(H2,6,8,9,12). The van der Waals surface area contributed by atoms with Gasteiger partial charge in [-0.1, -0.05) is 0 Å². The summed E-state index contributed by atoms with van der Waals surface area (Å²) in [4.78, 5) is 24.0. The average Bonchev–Trinajstić information content (AvgIpc) is 2.01. The minimum atomic E-state index is -1.03. The molecular formula is C5H6N4O3. The quantitative estimate of drug-likeness (QED) is 0.518. The van der Waals surface area contributed by atoms with E-state index in [4.69, 9.17) is 5.11 Å². The zero-order valence-corrected chi connectivity index (χ0v) is 5.94. The van der Waals surface area contributed by atoms with E-state index in [-0.39, 0.29) is 12.4 Å². The van der Waals surface area contributed by atoms with Crippen LogP contribution in [0.3, 0.4) is 0 Å². The molecule has 0 unspecified atom stereocenters. The van der Waals surface area contributed by atoms with E-state index >= 15 is 0 Å². The molecule has 0 radical (unpaired) electrons. The first-order valence-corrected chi connectivity index (χ1v) is 3.06. The second-order valence-corrected chi connectivity index (χ2v) is 1.92. The molecule has 7 heteroatoms. The number of carboxylic acid groups (broad SMARTS) is 1. The molecule has 0 saturated carbocycles. The van der Waals surface area contributed by atoms with E-state index in [1.54, 1.807) is 0 Å². The van der Waals surface area contributed by atoms with Gasteiger partial charge in [-0.15, -0.1) is 0 Å². The smallest absolute Gasteiger partial charge is 0.363 e. The summed E-state index contributed by atoms with van der Waals surface area (Å²) in [7, 11) is 0. The Kier molecular flexibility index (Phi) is 2.36. The summed E-state index contributed by atoms with van der Waals surface area (Å²) in [5.74, 6) is -0.891. The van der Waals surface area contributed by atoms with Gasteiger partial charge in [0.2, 0.25) is 0 Å². The summed E-state index contributed by atoms with van der Waals surface area (Å²) in [5, 5.41) is 16.1. The van der Waals surface area contributed by atoms with Crippen LogP contribution in [0, 0.1) is 0 Å². The molecule has 0 aliphatic carbocycles. The van der Waals surface area contributed by atoms with Gasteiger partial charge in [0.15, 0.2) is 5.82 Å². The van der Waals surface area contributed by atoms with Gasteiger partial charge >= 0.3 is 11.7 Å². The van der Waals surface area contributed by atoms with Crippen molar-refractivity contribution in [2.24, 2.45) is 0 Å². The van der Waals surface area contributed by atoms with Gasteiger partial charge in [0.25, 0.3) is 0 Å². The van der Waals surface area contributed by atoms with E-state index in [9.17, 15) is 9.59 Å². The Morgan fingerprint density at radius 1 is 1.75 bits per heavy atom. The SMILES string of the molecule is O=C(O)CNc1cn[nH]c(=O)n1. The molecule has 0 atom stereocenters. The largest absolute Gasteiger partial charge is 0.480 e. The van der Waals surface area contributed by atoms with Crippen LogP contribution in [0.25, 0.3) is 0 Å². The molecule has 12 heavy (non-hydrogen) atoms. The number of carbonyl (C=O) groups is 1. The van der Waals surface area contributed by atoms with Gasteiger partial charge < -0.3 is 10.4 Å². The Morgan fingerprint density at radius 2 is 2.50 bits per heavy atom. The van der Waals surface area contributed by atoms with Gasteiger partial charge in [0.05, 0.1) is 6.20 Å². The summed E-state index contributed by atoms with van der Waals surface area (Å²) in [6.45, 7) is -0.294. The van der Waals surface area contributed by atoms with Crippen molar-refractivity contribution in [2.75, 3.05) is 11.9 Å². The van der Waals surface area contributed by atoms with E-state index < -0.39 is 11.7 Å². The second kappa shape index (κ2) is 3.46. The third kappa shape index (κ3) is 2.37. The number of aromatic amines is 1. The Bertz CT molecular complexity index is 333. The van der Waals surface area contributed by atoms with Crippen molar-refractivity contribution in [1.82, 2.24) is 15.2 Å². The number of carboxylic acids is 1. The summed E-state index contributed by atoms with van der Waals surface area (Å²) in [5.41, 5.74) is -0.620. The molecule has 0 amide bonds. The molecule has 0 fully saturated rings. The van der Waals surface area contributed by atoms with E-state index in [1.165, 1.54) is 6.20 Å². The van der Waals surface area contributed by atoms with Crippen LogP contribution in [0.15, 0.2) is 11.0 Å². The fraction of sp³-hybridized carbons (Fsp3) is 0.200. The molecule has 0 aliphatic heterocycles. The monoisotopic (exact) mass is 170 g/mol. The molecule has 1 heterocycles. The molecule has 0 saturated heterocycles. The topological polar surface area (TPSA) is 108 Å². The fourth-order valence-corrected chi connectivity index (χ4v) is 0.563. The Morgan fingerprint density at radius 3 is 3.08 bits per heavy atom. The number of nitrogens with one attached hydrogen (secondary N) is 2. The molecule has 3 N–H and O–H groups in total. The molecule has 64 valence electrons. The van der Waals surface area contributed by atoms with Gasteiger partial charge in [-0.05, 0) is 0 Å². The second-order valence-electron chi connectivity index (χ2n) is 1.92. The highest BCUT2D eigenvalue weighted by molar-refractivity contribution is 5.72. The molecule has 0 aliphatic rings. The number of anilines is 1. The van der Waals surface area contributed by atoms with Crippen molar-refractivity contribution in [3.05, 3.63) is 16.7 Å². The van der Waals surface area contributed by atoms with Crippen LogP contribution in [0.1, 0.15) is 0 Å². The van der Waals surface area contributed by atoms with Gasteiger partial charge in [0, 0.05) is 0 Å². The molecule has 1 aromatic heterocycles. The molecular weight excluding hydrogens is 164 g/mol. The highest BCUT2D eigenvalue weighted by Crippen LogP contribution is 1.91. The normalized spacial score (nSPS) is 9.33. The van der Waals surface area contributed by atoms with E-state index in [1.807, 2.05) is 0 Å². The first-order chi connectivity index (χ1) is 5.68. The van der Waals surface area contributed by atoms with Crippen LogP contribution >= 0.6 is 0 Å². The lowest BCUT2D eigenvalue weighted by Gasteiger charge is -1.98. The first-order valence-electron chi connectivity index (χ1n) is 3.06. The lowest BCUT2D eigenvalue weighted by atomic mass is 10.6. The third-order valence-corrected chi connectivity index (χ3v) is 0.990. The van der Waals surface area contributed by atoms with Gasteiger partial charge in [-0.3, -0.25) is 4.79 Å². The average molecular weight is 170 g/mol. The van der Waals surface area contributed by atoms with Crippen LogP contribution < -0.4 is 11.0 Å². The van der Waals surface area contributed by atoms with E-state index in [0.29, 0.717) is 0 Å². The van der Waals surface area contributed by atoms with Crippen molar-refractivity contribution in [3.8, 4) is 0 Å². The van der Waals surface area contributed by atoms with Gasteiger partial charge in [-0.2, -0.15) is 10.1 Å². The van der Waals surface area contributed by atoms with Crippen LogP contribution in [-0.4, -0.2) is 32.8 Å². The predicted molar refractivity (Wildman–Crippen MR) is 38.8 cm³/mol. The van der Waals surface area contributed by atoms with Crippen molar-refractivity contribution in [2.45, 2.75) is 0 Å². The third-order valence-electron chi connectivity index (χ3n) is 0.990. The summed E-state index contributed by atoms with van der Waals surface area (Å²) in [6, 6.07) is 0. The van der Waals surface area contributed by atoms with E-state index in [0.717, 1.165) is 0 Å². The Hall–Kier alpha value is -1.92. The number of nitrogens with zero attached hydrogens (tertiary/aromatic N) is 2. The number of aromatic nitrogens is 3. The summed E-state index contributed by atoms with van der Waals surface area (Å²) in [6.07, 6.45) is 1.23. The Labute approximate surface area is 66.5 Å². The maximum absolute atomic E-state index is 10.5. The molecule has 0 aromatic carbocycles. The minimum Gasteiger partial charge on any atom is -0.480 e. The zero-order chi connectivity index (χ0) is 8.97. The van der Waals surface area contributed by atoms with E-state index in [2.05, 4.69) is 20.5 Å². The van der Waals surface area contributed by atoms with Crippen LogP contribution in [0.5, 0.6) is 0 Å². The minimum absolute atomic E-state index is 0.140. The summed E-state index contributed by atoms with van der Waals surface area (Å²) < 4.78 is 0. The predicted octanol–water partition coefficient (Wildman–Crippen LogP) is -1.34. The molecule has 7 nitrogen and oxygen atoms in total. The molecule has 1 aromatic rings. The maximum Gasteiger partial charge on any atom is 0.363 e. The molecule has 0 spiro atoms. The number of H-pyrrole nitrogens is 1. The fourth-order valence-electron chi connectivity index (χ4n) is 0.563. The lowest BCUT2D eigenvalue weighted by Crippen LogP contribution is -2.18. The number of hydrogen-bond donors (Lipinski definition) is 3. The van der Waals surface area contributed by atoms with Gasteiger partial charge in [0.1, 0.15) is 6.54 Å². The Balaban J connectivity index is 2.64. The zero-order valence-electron chi connectivity index (χ0n) is 5.94. The maximum atomic E-state index is 10.5. The molecule has 0 bridgehead atoms. The molecule has 1 rings (SSSR count). The number of rotatable bonds is 3. The van der Waals surface area contributed by atoms with Crippen molar-refractivity contribution in [1.29, 1.82) is 0 Å². The van der Waals surface area contributed by atoms with Crippen molar-refractivity contribution >= 4 is 11.8 Å². The van der Waals surface area contributed by atoms with Gasteiger partial charge in [-0.25, -0.2) is 9.89 Å². The van der Waals surface area contributed by atoms with Crippen LogP contribution in [0.4, 0.5) is 5.82 Å². The highest BCUT2D eigenvalue weighted by atomic mass is 16.4. The van der Waals surface area contributed by atoms with Crippen LogP contribution in [-0.2, 0) is 4.79 Å².